The van der Waals surface area contributed by atoms with Gasteiger partial charge in [-0.1, -0.05) is 0 Å². The van der Waals surface area contributed by atoms with E-state index in [0.717, 1.165) is 6.07 Å². The molecule has 18 heavy (non-hydrogen) atoms. The van der Waals surface area contributed by atoms with Crippen molar-refractivity contribution in [2.75, 3.05) is 7.11 Å². The second-order valence-corrected chi connectivity index (χ2v) is 5.75. The molecule has 0 aromatic heterocycles. The average molecular weight is 269 g/mol. The van der Waals surface area contributed by atoms with Crippen molar-refractivity contribution in [1.82, 2.24) is 0 Å². The molecule has 1 N–H and O–H groups in total. The SMILES string of the molecule is COc1ccc(S(=O)(=O)C(C)C#N)cc1C(=O)O. The Labute approximate surface area is 104 Å². The third kappa shape index (κ3) is 2.43. The van der Waals surface area contributed by atoms with Crippen molar-refractivity contribution in [3.05, 3.63) is 23.8 Å². The number of aromatic carboxylic acids is 1. The van der Waals surface area contributed by atoms with E-state index in [0.29, 0.717) is 0 Å². The number of nitrogens with zero attached hydrogens (tertiary/aromatic N) is 1. The number of methoxy groups -OCH3 is 1. The van der Waals surface area contributed by atoms with E-state index >= 15 is 0 Å². The molecular formula is C11H11NO5S. The number of carbonyl (C=O) groups is 1. The maximum absolute atomic E-state index is 11.9. The molecule has 0 aliphatic rings. The van der Waals surface area contributed by atoms with E-state index in [4.69, 9.17) is 15.1 Å². The molecular weight excluding hydrogens is 258 g/mol. The van der Waals surface area contributed by atoms with E-state index in [1.54, 1.807) is 6.07 Å². The van der Waals surface area contributed by atoms with Crippen LogP contribution >= 0.6 is 0 Å². The van der Waals surface area contributed by atoms with Gasteiger partial charge < -0.3 is 9.84 Å². The Morgan fingerprint density at radius 3 is 2.56 bits per heavy atom. The molecule has 0 bridgehead atoms. The summed E-state index contributed by atoms with van der Waals surface area (Å²) in [7, 11) is -2.56. The predicted octanol–water partition coefficient (Wildman–Crippen LogP) is 1.08. The van der Waals surface area contributed by atoms with Crippen LogP contribution in [-0.2, 0) is 9.84 Å². The molecule has 1 aromatic carbocycles. The highest BCUT2D eigenvalue weighted by Gasteiger charge is 2.25. The molecule has 0 aliphatic heterocycles. The van der Waals surface area contributed by atoms with E-state index in [9.17, 15) is 13.2 Å². The van der Waals surface area contributed by atoms with Crippen molar-refractivity contribution in [3.63, 3.8) is 0 Å². The summed E-state index contributed by atoms with van der Waals surface area (Å²) in [6, 6.07) is 5.07. The molecule has 1 unspecified atom stereocenters. The smallest absolute Gasteiger partial charge is 0.339 e. The molecule has 0 spiro atoms. The van der Waals surface area contributed by atoms with Gasteiger partial charge in [0.05, 0.1) is 18.1 Å². The van der Waals surface area contributed by atoms with Gasteiger partial charge in [-0.25, -0.2) is 13.2 Å². The Morgan fingerprint density at radius 2 is 2.11 bits per heavy atom. The molecule has 0 radical (unpaired) electrons. The zero-order chi connectivity index (χ0) is 13.9. The predicted molar refractivity (Wildman–Crippen MR) is 62.2 cm³/mol. The fraction of sp³-hybridized carbons (Fsp3) is 0.273. The number of hydrogen-bond donors (Lipinski definition) is 1. The number of nitriles is 1. The number of benzene rings is 1. The molecule has 0 fully saturated rings. The zero-order valence-corrected chi connectivity index (χ0v) is 10.6. The lowest BCUT2D eigenvalue weighted by atomic mass is 10.2. The van der Waals surface area contributed by atoms with Crippen LogP contribution < -0.4 is 4.74 Å². The summed E-state index contributed by atoms with van der Waals surface area (Å²) in [5, 5.41) is 16.3. The highest BCUT2D eigenvalue weighted by molar-refractivity contribution is 7.92. The molecule has 0 amide bonds. The van der Waals surface area contributed by atoms with Crippen LogP contribution in [0, 0.1) is 11.3 Å². The van der Waals surface area contributed by atoms with Crippen LogP contribution in [0.1, 0.15) is 17.3 Å². The van der Waals surface area contributed by atoms with E-state index in [-0.39, 0.29) is 16.2 Å². The topological polar surface area (TPSA) is 104 Å². The van der Waals surface area contributed by atoms with Gasteiger partial charge in [0.2, 0.25) is 0 Å². The van der Waals surface area contributed by atoms with Gasteiger partial charge in [0.15, 0.2) is 9.84 Å². The van der Waals surface area contributed by atoms with E-state index in [1.807, 2.05) is 0 Å². The summed E-state index contributed by atoms with van der Waals surface area (Å²) in [6.07, 6.45) is 0. The van der Waals surface area contributed by atoms with Crippen LogP contribution in [0.15, 0.2) is 23.1 Å². The lowest BCUT2D eigenvalue weighted by Crippen LogP contribution is -2.16. The van der Waals surface area contributed by atoms with E-state index < -0.39 is 21.1 Å². The maximum Gasteiger partial charge on any atom is 0.339 e. The Balaban J connectivity index is 3.43. The second kappa shape index (κ2) is 5.06. The molecule has 1 rings (SSSR count). The fourth-order valence-corrected chi connectivity index (χ4v) is 2.39. The molecule has 0 saturated carbocycles. The van der Waals surface area contributed by atoms with E-state index in [1.165, 1.54) is 26.2 Å². The van der Waals surface area contributed by atoms with Crippen LogP contribution in [0.4, 0.5) is 0 Å². The second-order valence-electron chi connectivity index (χ2n) is 3.48. The Bertz CT molecular complexity index is 615. The van der Waals surface area contributed by atoms with Crippen molar-refractivity contribution >= 4 is 15.8 Å². The number of carboxylic acids is 1. The first-order valence-corrected chi connectivity index (χ1v) is 6.44. The molecule has 0 saturated heterocycles. The fourth-order valence-electron chi connectivity index (χ4n) is 1.30. The van der Waals surface area contributed by atoms with Crippen LogP contribution in [0.2, 0.25) is 0 Å². The van der Waals surface area contributed by atoms with Gasteiger partial charge in [-0.15, -0.1) is 0 Å². The van der Waals surface area contributed by atoms with Crippen LogP contribution in [0.25, 0.3) is 0 Å². The highest BCUT2D eigenvalue weighted by atomic mass is 32.2. The molecule has 7 heteroatoms. The maximum atomic E-state index is 11.9. The van der Waals surface area contributed by atoms with Crippen molar-refractivity contribution in [1.29, 1.82) is 5.26 Å². The Hall–Kier alpha value is -2.07. The normalized spacial score (nSPS) is 12.5. The standard InChI is InChI=1S/C11H11NO5S/c1-7(6-12)18(15,16)8-3-4-10(17-2)9(5-8)11(13)14/h3-5,7H,1-2H3,(H,13,14). The van der Waals surface area contributed by atoms with Gasteiger partial charge in [0.25, 0.3) is 0 Å². The molecule has 96 valence electrons. The van der Waals surface area contributed by atoms with Crippen molar-refractivity contribution < 1.29 is 23.1 Å². The number of ether oxygens (including phenoxy) is 1. The summed E-state index contributed by atoms with van der Waals surface area (Å²) in [6.45, 7) is 1.24. The minimum Gasteiger partial charge on any atom is -0.496 e. The largest absolute Gasteiger partial charge is 0.496 e. The van der Waals surface area contributed by atoms with Crippen LogP contribution in [0.5, 0.6) is 5.75 Å². The van der Waals surface area contributed by atoms with Gasteiger partial charge in [-0.3, -0.25) is 0 Å². The lowest BCUT2D eigenvalue weighted by molar-refractivity contribution is 0.0693. The number of hydrogen-bond acceptors (Lipinski definition) is 5. The monoisotopic (exact) mass is 269 g/mol. The molecule has 0 heterocycles. The van der Waals surface area contributed by atoms with Crippen LogP contribution in [-0.4, -0.2) is 31.9 Å². The highest BCUT2D eigenvalue weighted by Crippen LogP contribution is 2.24. The van der Waals surface area contributed by atoms with Gasteiger partial charge in [0.1, 0.15) is 16.6 Å². The van der Waals surface area contributed by atoms with Crippen LogP contribution in [0.3, 0.4) is 0 Å². The first-order chi connectivity index (χ1) is 8.34. The summed E-state index contributed by atoms with van der Waals surface area (Å²) in [4.78, 5) is 10.7. The molecule has 1 atom stereocenters. The van der Waals surface area contributed by atoms with Crippen molar-refractivity contribution in [3.8, 4) is 11.8 Å². The Kier molecular flexibility index (Phi) is 3.93. The first-order valence-electron chi connectivity index (χ1n) is 4.89. The molecule has 0 aliphatic carbocycles. The van der Waals surface area contributed by atoms with Gasteiger partial charge in [-0.2, -0.15) is 5.26 Å². The third-order valence-corrected chi connectivity index (χ3v) is 4.32. The van der Waals surface area contributed by atoms with Gasteiger partial charge in [-0.05, 0) is 25.1 Å². The average Bonchev–Trinajstić information content (AvgIpc) is 2.36. The number of carboxylic acid groups (broad SMARTS) is 1. The third-order valence-electron chi connectivity index (χ3n) is 2.38. The minimum atomic E-state index is -3.85. The number of rotatable bonds is 4. The van der Waals surface area contributed by atoms with Gasteiger partial charge in [0, 0.05) is 0 Å². The summed E-state index contributed by atoms with van der Waals surface area (Å²) >= 11 is 0. The Morgan fingerprint density at radius 1 is 1.50 bits per heavy atom. The minimum absolute atomic E-state index is 0.0612. The summed E-state index contributed by atoms with van der Waals surface area (Å²) < 4.78 is 28.6. The lowest BCUT2D eigenvalue weighted by Gasteiger charge is -2.09. The first kappa shape index (κ1) is 14.0. The summed E-state index contributed by atoms with van der Waals surface area (Å²) in [5.74, 6) is -1.24. The van der Waals surface area contributed by atoms with E-state index in [2.05, 4.69) is 0 Å². The van der Waals surface area contributed by atoms with Crippen molar-refractivity contribution in [2.45, 2.75) is 17.1 Å². The zero-order valence-electron chi connectivity index (χ0n) is 9.75. The molecule has 6 nitrogen and oxygen atoms in total. The number of sulfone groups is 1. The van der Waals surface area contributed by atoms with Crippen molar-refractivity contribution in [2.24, 2.45) is 0 Å². The van der Waals surface area contributed by atoms with Gasteiger partial charge >= 0.3 is 5.97 Å². The quantitative estimate of drug-likeness (QED) is 0.876. The summed E-state index contributed by atoms with van der Waals surface area (Å²) in [5.41, 5.74) is -0.260. The molecule has 1 aromatic rings.